The molecule has 3 atom stereocenters. The molecule has 2 heterocycles. The SMILES string of the molecule is C[C@@H]1CN(Cc2cccc(N[C@H](C)c3cnccn3)c2)C[C@@H](C)O1. The topological polar surface area (TPSA) is 50.3 Å². The molecule has 2 aromatic rings. The largest absolute Gasteiger partial charge is 0.377 e. The molecule has 3 rings (SSSR count). The Hall–Kier alpha value is -1.98. The zero-order valence-electron chi connectivity index (χ0n) is 14.6. The zero-order valence-corrected chi connectivity index (χ0v) is 14.6. The van der Waals surface area contributed by atoms with Gasteiger partial charge in [-0.05, 0) is 38.5 Å². The van der Waals surface area contributed by atoms with Gasteiger partial charge in [0, 0.05) is 37.7 Å². The first-order valence-electron chi connectivity index (χ1n) is 8.59. The van der Waals surface area contributed by atoms with Crippen molar-refractivity contribution in [2.24, 2.45) is 0 Å². The second-order valence-electron chi connectivity index (χ2n) is 6.65. The minimum Gasteiger partial charge on any atom is -0.377 e. The first-order chi connectivity index (χ1) is 11.6. The van der Waals surface area contributed by atoms with Crippen LogP contribution in [0.25, 0.3) is 0 Å². The molecule has 0 unspecified atom stereocenters. The maximum Gasteiger partial charge on any atom is 0.0806 e. The number of nitrogens with one attached hydrogen (secondary N) is 1. The second-order valence-corrected chi connectivity index (χ2v) is 6.65. The van der Waals surface area contributed by atoms with Gasteiger partial charge in [-0.15, -0.1) is 0 Å². The molecule has 0 saturated carbocycles. The van der Waals surface area contributed by atoms with E-state index in [0.717, 1.165) is 31.0 Å². The number of hydrogen-bond donors (Lipinski definition) is 1. The quantitative estimate of drug-likeness (QED) is 0.914. The number of aromatic nitrogens is 2. The van der Waals surface area contributed by atoms with E-state index in [-0.39, 0.29) is 6.04 Å². The molecule has 0 amide bonds. The van der Waals surface area contributed by atoms with Crippen LogP contribution in [0.1, 0.15) is 38.1 Å². The molecule has 1 N–H and O–H groups in total. The summed E-state index contributed by atoms with van der Waals surface area (Å²) in [5, 5.41) is 3.51. The van der Waals surface area contributed by atoms with Crippen molar-refractivity contribution in [3.05, 3.63) is 54.1 Å². The van der Waals surface area contributed by atoms with Crippen LogP contribution in [0.3, 0.4) is 0 Å². The average Bonchev–Trinajstić information content (AvgIpc) is 2.55. The number of rotatable bonds is 5. The van der Waals surface area contributed by atoms with E-state index in [9.17, 15) is 0 Å². The normalized spacial score (nSPS) is 23.0. The number of morpholine rings is 1. The molecule has 1 aliphatic rings. The summed E-state index contributed by atoms with van der Waals surface area (Å²) < 4.78 is 5.81. The first-order valence-corrected chi connectivity index (χ1v) is 8.59. The summed E-state index contributed by atoms with van der Waals surface area (Å²) in [5.74, 6) is 0. The summed E-state index contributed by atoms with van der Waals surface area (Å²) in [7, 11) is 0. The molecule has 1 aliphatic heterocycles. The molecule has 1 aromatic heterocycles. The lowest BCUT2D eigenvalue weighted by Gasteiger charge is -2.35. The van der Waals surface area contributed by atoms with E-state index in [4.69, 9.17) is 4.74 Å². The third kappa shape index (κ3) is 4.52. The Labute approximate surface area is 144 Å². The Bertz CT molecular complexity index is 639. The van der Waals surface area contributed by atoms with Crippen LogP contribution in [0.2, 0.25) is 0 Å². The van der Waals surface area contributed by atoms with Crippen LogP contribution in [-0.4, -0.2) is 40.2 Å². The van der Waals surface area contributed by atoms with Crippen LogP contribution < -0.4 is 5.32 Å². The minimum absolute atomic E-state index is 0.123. The van der Waals surface area contributed by atoms with Gasteiger partial charge in [-0.3, -0.25) is 14.9 Å². The van der Waals surface area contributed by atoms with Crippen LogP contribution in [0.5, 0.6) is 0 Å². The summed E-state index contributed by atoms with van der Waals surface area (Å²) >= 11 is 0. The maximum absolute atomic E-state index is 5.81. The van der Waals surface area contributed by atoms with Crippen LogP contribution in [0, 0.1) is 0 Å². The standard InChI is InChI=1S/C19H26N4O/c1-14-11-23(12-15(2)24-14)13-17-5-4-6-18(9-17)22-16(3)19-10-20-7-8-21-19/h4-10,14-16,22H,11-13H2,1-3H3/t14-,15-,16-/m1/s1. The Morgan fingerprint density at radius 2 is 2.04 bits per heavy atom. The van der Waals surface area contributed by atoms with Crippen molar-refractivity contribution < 1.29 is 4.74 Å². The number of nitrogens with zero attached hydrogens (tertiary/aromatic N) is 3. The fourth-order valence-electron chi connectivity index (χ4n) is 3.29. The number of hydrogen-bond acceptors (Lipinski definition) is 5. The Morgan fingerprint density at radius 1 is 1.25 bits per heavy atom. The van der Waals surface area contributed by atoms with E-state index in [2.05, 4.69) is 65.2 Å². The molecular formula is C19H26N4O. The van der Waals surface area contributed by atoms with E-state index >= 15 is 0 Å². The van der Waals surface area contributed by atoms with Gasteiger partial charge in [0.25, 0.3) is 0 Å². The summed E-state index contributed by atoms with van der Waals surface area (Å²) in [4.78, 5) is 11.0. The molecule has 1 aromatic carbocycles. The van der Waals surface area contributed by atoms with Crippen LogP contribution in [0.4, 0.5) is 5.69 Å². The van der Waals surface area contributed by atoms with E-state index in [1.54, 1.807) is 18.6 Å². The van der Waals surface area contributed by atoms with Gasteiger partial charge >= 0.3 is 0 Å². The molecule has 0 spiro atoms. The summed E-state index contributed by atoms with van der Waals surface area (Å²) in [5.41, 5.74) is 3.37. The van der Waals surface area contributed by atoms with E-state index in [0.29, 0.717) is 12.2 Å². The lowest BCUT2D eigenvalue weighted by Crippen LogP contribution is -2.44. The van der Waals surface area contributed by atoms with Gasteiger partial charge < -0.3 is 10.1 Å². The second kappa shape index (κ2) is 7.73. The van der Waals surface area contributed by atoms with Crippen molar-refractivity contribution in [3.8, 4) is 0 Å². The van der Waals surface area contributed by atoms with Crippen molar-refractivity contribution in [3.63, 3.8) is 0 Å². The predicted octanol–water partition coefficient (Wildman–Crippen LogP) is 3.26. The van der Waals surface area contributed by atoms with Gasteiger partial charge in [-0.25, -0.2) is 0 Å². The highest BCUT2D eigenvalue weighted by molar-refractivity contribution is 5.47. The predicted molar refractivity (Wildman–Crippen MR) is 95.8 cm³/mol. The smallest absolute Gasteiger partial charge is 0.0806 e. The molecule has 1 fully saturated rings. The highest BCUT2D eigenvalue weighted by Crippen LogP contribution is 2.20. The van der Waals surface area contributed by atoms with Gasteiger partial charge in [0.15, 0.2) is 0 Å². The molecule has 24 heavy (non-hydrogen) atoms. The molecule has 5 heteroatoms. The van der Waals surface area contributed by atoms with Crippen molar-refractivity contribution in [1.82, 2.24) is 14.9 Å². The third-order valence-corrected chi connectivity index (χ3v) is 4.24. The van der Waals surface area contributed by atoms with Gasteiger partial charge in [0.05, 0.1) is 30.1 Å². The minimum atomic E-state index is 0.123. The fourth-order valence-corrected chi connectivity index (χ4v) is 3.29. The monoisotopic (exact) mass is 326 g/mol. The van der Waals surface area contributed by atoms with Crippen molar-refractivity contribution in [2.75, 3.05) is 18.4 Å². The Morgan fingerprint density at radius 3 is 2.75 bits per heavy atom. The van der Waals surface area contributed by atoms with Gasteiger partial charge in [-0.1, -0.05) is 12.1 Å². The molecule has 5 nitrogen and oxygen atoms in total. The molecule has 0 radical (unpaired) electrons. The van der Waals surface area contributed by atoms with E-state index < -0.39 is 0 Å². The number of ether oxygens (including phenoxy) is 1. The molecule has 128 valence electrons. The number of anilines is 1. The number of benzene rings is 1. The lowest BCUT2D eigenvalue weighted by atomic mass is 10.1. The molecular weight excluding hydrogens is 300 g/mol. The molecule has 0 bridgehead atoms. The van der Waals surface area contributed by atoms with Crippen LogP contribution in [0.15, 0.2) is 42.9 Å². The van der Waals surface area contributed by atoms with Crippen LogP contribution >= 0.6 is 0 Å². The van der Waals surface area contributed by atoms with Gasteiger partial charge in [0.1, 0.15) is 0 Å². The van der Waals surface area contributed by atoms with E-state index in [1.165, 1.54) is 5.56 Å². The molecule has 0 aliphatic carbocycles. The average molecular weight is 326 g/mol. The van der Waals surface area contributed by atoms with Crippen molar-refractivity contribution in [1.29, 1.82) is 0 Å². The van der Waals surface area contributed by atoms with Gasteiger partial charge in [0.2, 0.25) is 0 Å². The highest BCUT2D eigenvalue weighted by Gasteiger charge is 2.22. The first kappa shape index (κ1) is 16.9. The summed E-state index contributed by atoms with van der Waals surface area (Å²) in [6, 6.07) is 8.73. The summed E-state index contributed by atoms with van der Waals surface area (Å²) in [6.45, 7) is 9.30. The highest BCUT2D eigenvalue weighted by atomic mass is 16.5. The lowest BCUT2D eigenvalue weighted by molar-refractivity contribution is -0.0704. The molecule has 1 saturated heterocycles. The fraction of sp³-hybridized carbons (Fsp3) is 0.474. The maximum atomic E-state index is 5.81. The third-order valence-electron chi connectivity index (χ3n) is 4.24. The van der Waals surface area contributed by atoms with E-state index in [1.807, 2.05) is 0 Å². The van der Waals surface area contributed by atoms with Gasteiger partial charge in [-0.2, -0.15) is 0 Å². The Kier molecular flexibility index (Phi) is 5.43. The van der Waals surface area contributed by atoms with Crippen molar-refractivity contribution in [2.45, 2.75) is 45.6 Å². The van der Waals surface area contributed by atoms with Crippen molar-refractivity contribution >= 4 is 5.69 Å². The van der Waals surface area contributed by atoms with Crippen LogP contribution in [-0.2, 0) is 11.3 Å². The zero-order chi connectivity index (χ0) is 16.9. The Balaban J connectivity index is 1.64. The summed E-state index contributed by atoms with van der Waals surface area (Å²) in [6.07, 6.45) is 5.82.